The van der Waals surface area contributed by atoms with Gasteiger partial charge in [-0.05, 0) is 29.1 Å². The molecule has 0 atom stereocenters. The molecule has 1 aromatic carbocycles. The zero-order valence-corrected chi connectivity index (χ0v) is 10.2. The summed E-state index contributed by atoms with van der Waals surface area (Å²) < 4.78 is 27.2. The first-order valence-electron chi connectivity index (χ1n) is 4.58. The lowest BCUT2D eigenvalue weighted by Gasteiger charge is -2.02. The molecule has 0 aliphatic rings. The lowest BCUT2D eigenvalue weighted by molar-refractivity contribution is 0.398. The number of thiophene rings is 1. The zero-order valence-electron chi connectivity index (χ0n) is 8.58. The summed E-state index contributed by atoms with van der Waals surface area (Å²) in [5.41, 5.74) is 1.00. The smallest absolute Gasteiger partial charge is 0.270 e. The molecule has 0 radical (unpaired) electrons. The van der Waals surface area contributed by atoms with Crippen molar-refractivity contribution < 1.29 is 12.6 Å². The van der Waals surface area contributed by atoms with Crippen molar-refractivity contribution in [2.45, 2.75) is 4.90 Å². The van der Waals surface area contributed by atoms with Gasteiger partial charge in [0.15, 0.2) is 0 Å². The van der Waals surface area contributed by atoms with Crippen molar-refractivity contribution in [3.8, 4) is 10.4 Å². The van der Waals surface area contributed by atoms with Crippen LogP contribution in [0.1, 0.15) is 0 Å². The third kappa shape index (κ3) is 2.16. The molecule has 0 saturated heterocycles. The van der Waals surface area contributed by atoms with Gasteiger partial charge in [-0.3, -0.25) is 4.18 Å². The lowest BCUT2D eigenvalue weighted by atomic mass is 10.2. The Morgan fingerprint density at radius 2 is 1.81 bits per heavy atom. The van der Waals surface area contributed by atoms with Crippen molar-refractivity contribution in [1.29, 1.82) is 0 Å². The third-order valence-corrected chi connectivity index (χ3v) is 4.38. The maximum atomic E-state index is 11.4. The van der Waals surface area contributed by atoms with E-state index in [0.717, 1.165) is 17.6 Å². The highest BCUT2D eigenvalue weighted by molar-refractivity contribution is 7.86. The first kappa shape index (κ1) is 11.3. The number of benzene rings is 1. The normalized spacial score (nSPS) is 11.6. The largest absolute Gasteiger partial charge is 0.296 e. The monoisotopic (exact) mass is 254 g/mol. The predicted molar refractivity (Wildman–Crippen MR) is 63.9 cm³/mol. The molecular formula is C11H10O3S2. The highest BCUT2D eigenvalue weighted by Crippen LogP contribution is 2.25. The standard InChI is InChI=1S/C11H10O3S2/c1-14-16(12,13)10-6-4-9(5-7-10)11-3-2-8-15-11/h2-8H,1H3. The van der Waals surface area contributed by atoms with Crippen LogP contribution in [-0.2, 0) is 14.3 Å². The van der Waals surface area contributed by atoms with Gasteiger partial charge >= 0.3 is 0 Å². The Bertz CT molecular complexity index is 554. The van der Waals surface area contributed by atoms with E-state index < -0.39 is 10.1 Å². The van der Waals surface area contributed by atoms with Gasteiger partial charge in [0.25, 0.3) is 10.1 Å². The van der Waals surface area contributed by atoms with Crippen LogP contribution in [0.3, 0.4) is 0 Å². The molecule has 1 heterocycles. The van der Waals surface area contributed by atoms with Crippen molar-refractivity contribution >= 4 is 21.5 Å². The van der Waals surface area contributed by atoms with Crippen molar-refractivity contribution in [3.63, 3.8) is 0 Å². The van der Waals surface area contributed by atoms with Crippen LogP contribution in [0.25, 0.3) is 10.4 Å². The predicted octanol–water partition coefficient (Wildman–Crippen LogP) is 2.75. The van der Waals surface area contributed by atoms with Crippen molar-refractivity contribution in [3.05, 3.63) is 41.8 Å². The topological polar surface area (TPSA) is 43.4 Å². The summed E-state index contributed by atoms with van der Waals surface area (Å²) in [6.07, 6.45) is 0. The molecule has 16 heavy (non-hydrogen) atoms. The summed E-state index contributed by atoms with van der Waals surface area (Å²) in [5, 5.41) is 1.98. The molecule has 0 bridgehead atoms. The molecule has 0 N–H and O–H groups in total. The third-order valence-electron chi connectivity index (χ3n) is 2.17. The SMILES string of the molecule is COS(=O)(=O)c1ccc(-c2cccs2)cc1. The summed E-state index contributed by atoms with van der Waals surface area (Å²) in [5.74, 6) is 0. The maximum absolute atomic E-state index is 11.4. The van der Waals surface area contributed by atoms with Crippen LogP contribution in [0.5, 0.6) is 0 Å². The average molecular weight is 254 g/mol. The van der Waals surface area contributed by atoms with E-state index in [9.17, 15) is 8.42 Å². The van der Waals surface area contributed by atoms with E-state index in [1.807, 2.05) is 17.5 Å². The second-order valence-corrected chi connectivity index (χ2v) is 5.78. The fourth-order valence-electron chi connectivity index (χ4n) is 1.32. The Kier molecular flexibility index (Phi) is 3.09. The van der Waals surface area contributed by atoms with Gasteiger partial charge in [0, 0.05) is 4.88 Å². The summed E-state index contributed by atoms with van der Waals surface area (Å²) in [6, 6.07) is 10.6. The summed E-state index contributed by atoms with van der Waals surface area (Å²) >= 11 is 1.61. The van der Waals surface area contributed by atoms with Gasteiger partial charge in [-0.1, -0.05) is 18.2 Å². The van der Waals surface area contributed by atoms with Gasteiger partial charge in [-0.25, -0.2) is 0 Å². The van der Waals surface area contributed by atoms with Gasteiger partial charge in [-0.15, -0.1) is 11.3 Å². The fraction of sp³-hybridized carbons (Fsp3) is 0.0909. The first-order chi connectivity index (χ1) is 7.63. The molecule has 0 aliphatic carbocycles. The van der Waals surface area contributed by atoms with Crippen molar-refractivity contribution in [2.75, 3.05) is 7.11 Å². The van der Waals surface area contributed by atoms with Crippen LogP contribution < -0.4 is 0 Å². The molecule has 0 unspecified atom stereocenters. The Morgan fingerprint density at radius 3 is 2.31 bits per heavy atom. The van der Waals surface area contributed by atoms with Gasteiger partial charge in [0.05, 0.1) is 12.0 Å². The molecule has 0 fully saturated rings. The van der Waals surface area contributed by atoms with Crippen molar-refractivity contribution in [2.24, 2.45) is 0 Å². The maximum Gasteiger partial charge on any atom is 0.296 e. The molecule has 2 aromatic rings. The minimum atomic E-state index is -3.58. The molecule has 1 aromatic heterocycles. The molecule has 3 nitrogen and oxygen atoms in total. The van der Waals surface area contributed by atoms with E-state index in [0.29, 0.717) is 0 Å². The van der Waals surface area contributed by atoms with E-state index in [-0.39, 0.29) is 4.90 Å². The highest BCUT2D eigenvalue weighted by Gasteiger charge is 2.12. The van der Waals surface area contributed by atoms with Crippen molar-refractivity contribution in [1.82, 2.24) is 0 Å². The molecular weight excluding hydrogens is 244 g/mol. The van der Waals surface area contributed by atoms with Crippen LogP contribution >= 0.6 is 11.3 Å². The Morgan fingerprint density at radius 1 is 1.12 bits per heavy atom. The number of rotatable bonds is 3. The Labute approximate surface area is 98.4 Å². The quantitative estimate of drug-likeness (QED) is 0.791. The minimum absolute atomic E-state index is 0.176. The molecule has 0 aliphatic heterocycles. The summed E-state index contributed by atoms with van der Waals surface area (Å²) in [4.78, 5) is 1.29. The van der Waals surface area contributed by atoms with E-state index in [4.69, 9.17) is 0 Å². The van der Waals surface area contributed by atoms with Crippen LogP contribution in [0.15, 0.2) is 46.7 Å². The Balaban J connectivity index is 2.38. The van der Waals surface area contributed by atoms with Gasteiger partial charge < -0.3 is 0 Å². The van der Waals surface area contributed by atoms with Gasteiger partial charge in [-0.2, -0.15) is 8.42 Å². The van der Waals surface area contributed by atoms with E-state index in [2.05, 4.69) is 4.18 Å². The van der Waals surface area contributed by atoms with Gasteiger partial charge in [0.1, 0.15) is 0 Å². The number of hydrogen-bond acceptors (Lipinski definition) is 4. The summed E-state index contributed by atoms with van der Waals surface area (Å²) in [7, 11) is -2.43. The molecule has 0 saturated carbocycles. The second-order valence-electron chi connectivity index (χ2n) is 3.12. The van der Waals surface area contributed by atoms with E-state index >= 15 is 0 Å². The molecule has 2 rings (SSSR count). The van der Waals surface area contributed by atoms with Crippen LogP contribution in [0, 0.1) is 0 Å². The zero-order chi connectivity index (χ0) is 11.6. The highest BCUT2D eigenvalue weighted by atomic mass is 32.2. The van der Waals surface area contributed by atoms with E-state index in [1.165, 1.54) is 0 Å². The van der Waals surface area contributed by atoms with Gasteiger partial charge in [0.2, 0.25) is 0 Å². The molecule has 0 amide bonds. The first-order valence-corrected chi connectivity index (χ1v) is 6.87. The van der Waals surface area contributed by atoms with E-state index in [1.54, 1.807) is 35.6 Å². The number of hydrogen-bond donors (Lipinski definition) is 0. The lowest BCUT2D eigenvalue weighted by Crippen LogP contribution is -2.02. The second kappa shape index (κ2) is 4.37. The van der Waals surface area contributed by atoms with Crippen LogP contribution in [-0.4, -0.2) is 15.5 Å². The van der Waals surface area contributed by atoms with Crippen LogP contribution in [0.4, 0.5) is 0 Å². The molecule has 5 heteroatoms. The molecule has 84 valence electrons. The summed E-state index contributed by atoms with van der Waals surface area (Å²) in [6.45, 7) is 0. The molecule has 0 spiro atoms. The minimum Gasteiger partial charge on any atom is -0.270 e. The van der Waals surface area contributed by atoms with Crippen LogP contribution in [0.2, 0.25) is 0 Å². The fourth-order valence-corrected chi connectivity index (χ4v) is 2.72. The average Bonchev–Trinajstić information content (AvgIpc) is 2.83. The Hall–Kier alpha value is -1.17.